The molecule has 1 amide bonds. The minimum atomic E-state index is -0.371. The number of para-hydroxylation sites is 1. The van der Waals surface area contributed by atoms with E-state index in [1.54, 1.807) is 6.92 Å². The lowest BCUT2D eigenvalue weighted by atomic mass is 9.87. The lowest BCUT2D eigenvalue weighted by molar-refractivity contribution is 0.0902. The highest BCUT2D eigenvalue weighted by molar-refractivity contribution is 7.20. The molecule has 0 spiro atoms. The SMILES string of the molecule is CC(O)CC(C)(C)CNC(=O)c1nc2ccccc2s1. The molecule has 4 nitrogen and oxygen atoms in total. The molecule has 1 aromatic carbocycles. The molecule has 0 saturated carbocycles. The average molecular weight is 292 g/mol. The first-order valence-electron chi connectivity index (χ1n) is 6.69. The second kappa shape index (κ2) is 5.89. The van der Waals surface area contributed by atoms with Crippen molar-refractivity contribution in [2.45, 2.75) is 33.3 Å². The molecule has 0 fully saturated rings. The van der Waals surface area contributed by atoms with Crippen LogP contribution in [0, 0.1) is 5.41 Å². The first kappa shape index (κ1) is 14.9. The fraction of sp³-hybridized carbons (Fsp3) is 0.467. The van der Waals surface area contributed by atoms with Gasteiger partial charge >= 0.3 is 0 Å². The minimum absolute atomic E-state index is 0.138. The Labute approximate surface area is 122 Å². The number of amides is 1. The summed E-state index contributed by atoms with van der Waals surface area (Å²) in [6, 6.07) is 7.71. The Balaban J connectivity index is 2.01. The van der Waals surface area contributed by atoms with Crippen molar-refractivity contribution in [3.05, 3.63) is 29.3 Å². The van der Waals surface area contributed by atoms with E-state index in [9.17, 15) is 9.90 Å². The molecule has 0 radical (unpaired) electrons. The van der Waals surface area contributed by atoms with Gasteiger partial charge in [-0.1, -0.05) is 26.0 Å². The molecule has 0 aliphatic rings. The van der Waals surface area contributed by atoms with Crippen LogP contribution in [0.2, 0.25) is 0 Å². The van der Waals surface area contributed by atoms with Crippen LogP contribution in [-0.4, -0.2) is 28.6 Å². The highest BCUT2D eigenvalue weighted by Crippen LogP contribution is 2.23. The Morgan fingerprint density at radius 1 is 1.45 bits per heavy atom. The molecule has 108 valence electrons. The number of aliphatic hydroxyl groups excluding tert-OH is 1. The van der Waals surface area contributed by atoms with Crippen LogP contribution >= 0.6 is 11.3 Å². The first-order valence-corrected chi connectivity index (χ1v) is 7.51. The molecule has 20 heavy (non-hydrogen) atoms. The van der Waals surface area contributed by atoms with Gasteiger partial charge in [-0.2, -0.15) is 0 Å². The van der Waals surface area contributed by atoms with Crippen LogP contribution < -0.4 is 5.32 Å². The number of nitrogens with one attached hydrogen (secondary N) is 1. The second-order valence-corrected chi connectivity index (χ2v) is 6.92. The standard InChI is InChI=1S/C15H20N2O2S/c1-10(18)8-15(2,3)9-16-13(19)14-17-11-6-4-5-7-12(11)20-14/h4-7,10,18H,8-9H2,1-3H3,(H,16,19). The number of aliphatic hydroxyl groups is 1. The Hall–Kier alpha value is -1.46. The van der Waals surface area contributed by atoms with E-state index in [0.29, 0.717) is 18.0 Å². The average Bonchev–Trinajstić information content (AvgIpc) is 2.78. The van der Waals surface area contributed by atoms with E-state index in [4.69, 9.17) is 0 Å². The number of carbonyl (C=O) groups excluding carboxylic acids is 1. The summed E-state index contributed by atoms with van der Waals surface area (Å²) >= 11 is 1.40. The molecule has 0 aliphatic heterocycles. The summed E-state index contributed by atoms with van der Waals surface area (Å²) in [7, 11) is 0. The number of hydrogen-bond donors (Lipinski definition) is 2. The van der Waals surface area contributed by atoms with Crippen molar-refractivity contribution in [3.8, 4) is 0 Å². The van der Waals surface area contributed by atoms with Crippen LogP contribution in [0.3, 0.4) is 0 Å². The molecule has 2 N–H and O–H groups in total. The van der Waals surface area contributed by atoms with Gasteiger partial charge in [0.1, 0.15) is 0 Å². The molecule has 0 aliphatic carbocycles. The molecular weight excluding hydrogens is 272 g/mol. The smallest absolute Gasteiger partial charge is 0.280 e. The molecule has 2 aromatic rings. The van der Waals surface area contributed by atoms with Crippen molar-refractivity contribution in [2.75, 3.05) is 6.54 Å². The van der Waals surface area contributed by atoms with Crippen LogP contribution in [-0.2, 0) is 0 Å². The summed E-state index contributed by atoms with van der Waals surface area (Å²) in [6.07, 6.45) is 0.275. The van der Waals surface area contributed by atoms with Gasteiger partial charge < -0.3 is 10.4 Å². The number of fused-ring (bicyclic) bond motifs is 1. The summed E-state index contributed by atoms with van der Waals surface area (Å²) < 4.78 is 1.01. The van der Waals surface area contributed by atoms with Crippen molar-refractivity contribution in [2.24, 2.45) is 5.41 Å². The summed E-state index contributed by atoms with van der Waals surface area (Å²) in [4.78, 5) is 16.5. The van der Waals surface area contributed by atoms with Crippen LogP contribution in [0.4, 0.5) is 0 Å². The number of nitrogens with zero attached hydrogens (tertiary/aromatic N) is 1. The van der Waals surface area contributed by atoms with Crippen molar-refractivity contribution in [1.82, 2.24) is 10.3 Å². The second-order valence-electron chi connectivity index (χ2n) is 5.89. The van der Waals surface area contributed by atoms with Gasteiger partial charge in [0.25, 0.3) is 5.91 Å². The fourth-order valence-electron chi connectivity index (χ4n) is 2.24. The Bertz CT molecular complexity index is 572. The highest BCUT2D eigenvalue weighted by Gasteiger charge is 2.22. The maximum atomic E-state index is 12.1. The van der Waals surface area contributed by atoms with Crippen LogP contribution in [0.1, 0.15) is 37.0 Å². The third kappa shape index (κ3) is 3.77. The molecule has 1 atom stereocenters. The third-order valence-electron chi connectivity index (χ3n) is 3.06. The van der Waals surface area contributed by atoms with Crippen LogP contribution in [0.25, 0.3) is 10.2 Å². The fourth-order valence-corrected chi connectivity index (χ4v) is 3.12. The Morgan fingerprint density at radius 2 is 2.15 bits per heavy atom. The van der Waals surface area contributed by atoms with Gasteiger partial charge in [0.15, 0.2) is 5.01 Å². The quantitative estimate of drug-likeness (QED) is 0.890. The molecular formula is C15H20N2O2S. The van der Waals surface area contributed by atoms with E-state index < -0.39 is 0 Å². The van der Waals surface area contributed by atoms with Crippen molar-refractivity contribution in [1.29, 1.82) is 0 Å². The number of carbonyl (C=O) groups is 1. The topological polar surface area (TPSA) is 62.2 Å². The van der Waals surface area contributed by atoms with E-state index in [1.165, 1.54) is 11.3 Å². The monoisotopic (exact) mass is 292 g/mol. The molecule has 2 rings (SSSR count). The summed E-state index contributed by atoms with van der Waals surface area (Å²) in [6.45, 7) is 6.33. The number of thiazole rings is 1. The van der Waals surface area contributed by atoms with Gasteiger partial charge in [0.05, 0.1) is 16.3 Å². The zero-order valence-corrected chi connectivity index (χ0v) is 12.8. The van der Waals surface area contributed by atoms with Crippen molar-refractivity contribution < 1.29 is 9.90 Å². The lowest BCUT2D eigenvalue weighted by Crippen LogP contribution is -2.35. The molecule has 1 unspecified atom stereocenters. The Morgan fingerprint density at radius 3 is 2.80 bits per heavy atom. The minimum Gasteiger partial charge on any atom is -0.393 e. The van der Waals surface area contributed by atoms with Crippen molar-refractivity contribution >= 4 is 27.5 Å². The predicted molar refractivity (Wildman–Crippen MR) is 82.0 cm³/mol. The van der Waals surface area contributed by atoms with E-state index in [0.717, 1.165) is 10.2 Å². The molecule has 5 heteroatoms. The first-order chi connectivity index (χ1) is 9.37. The molecule has 1 aromatic heterocycles. The zero-order valence-electron chi connectivity index (χ0n) is 12.0. The van der Waals surface area contributed by atoms with Gasteiger partial charge in [-0.15, -0.1) is 11.3 Å². The normalized spacial score (nSPS) is 13.4. The summed E-state index contributed by atoms with van der Waals surface area (Å²) in [5.41, 5.74) is 0.714. The van der Waals surface area contributed by atoms with Crippen molar-refractivity contribution in [3.63, 3.8) is 0 Å². The number of benzene rings is 1. The van der Waals surface area contributed by atoms with Gasteiger partial charge in [-0.25, -0.2) is 4.98 Å². The van der Waals surface area contributed by atoms with E-state index >= 15 is 0 Å². The van der Waals surface area contributed by atoms with Gasteiger partial charge in [0, 0.05) is 6.54 Å². The summed E-state index contributed by atoms with van der Waals surface area (Å²) in [5, 5.41) is 12.8. The number of rotatable bonds is 5. The number of hydrogen-bond acceptors (Lipinski definition) is 4. The van der Waals surface area contributed by atoms with Gasteiger partial charge in [-0.05, 0) is 30.9 Å². The largest absolute Gasteiger partial charge is 0.393 e. The zero-order chi connectivity index (χ0) is 14.8. The maximum absolute atomic E-state index is 12.1. The molecule has 0 saturated heterocycles. The summed E-state index contributed by atoms with van der Waals surface area (Å²) in [5.74, 6) is -0.148. The highest BCUT2D eigenvalue weighted by atomic mass is 32.1. The lowest BCUT2D eigenvalue weighted by Gasteiger charge is -2.26. The maximum Gasteiger partial charge on any atom is 0.280 e. The Kier molecular flexibility index (Phi) is 4.40. The van der Waals surface area contributed by atoms with Gasteiger partial charge in [-0.3, -0.25) is 4.79 Å². The van der Waals surface area contributed by atoms with Crippen LogP contribution in [0.15, 0.2) is 24.3 Å². The molecule has 0 bridgehead atoms. The molecule has 1 heterocycles. The van der Waals surface area contributed by atoms with Crippen LogP contribution in [0.5, 0.6) is 0 Å². The van der Waals surface area contributed by atoms with E-state index in [1.807, 2.05) is 38.1 Å². The third-order valence-corrected chi connectivity index (χ3v) is 4.10. The van der Waals surface area contributed by atoms with Gasteiger partial charge in [0.2, 0.25) is 0 Å². The van der Waals surface area contributed by atoms with E-state index in [2.05, 4.69) is 10.3 Å². The predicted octanol–water partition coefficient (Wildman–Crippen LogP) is 2.82. The van der Waals surface area contributed by atoms with E-state index in [-0.39, 0.29) is 17.4 Å². The number of aromatic nitrogens is 1.